The molecule has 0 radical (unpaired) electrons. The standard InChI is InChI=1S/C18H26N2O2/c1-7-14(8-2)20-11-16(19-18(20)22-6)15-9-13(4)17(21-5)10-12(15)3/h9-11,14H,7-8H2,1-6H3. The zero-order valence-electron chi connectivity index (χ0n) is 14.4. The number of benzene rings is 1. The van der Waals surface area contributed by atoms with Crippen LogP contribution in [0.15, 0.2) is 18.3 Å². The molecule has 0 N–H and O–H groups in total. The third-order valence-corrected chi connectivity index (χ3v) is 4.23. The van der Waals surface area contributed by atoms with E-state index in [1.165, 1.54) is 0 Å². The summed E-state index contributed by atoms with van der Waals surface area (Å²) in [6.07, 6.45) is 4.22. The lowest BCUT2D eigenvalue weighted by Gasteiger charge is -2.15. The van der Waals surface area contributed by atoms with Crippen LogP contribution in [-0.4, -0.2) is 23.8 Å². The second kappa shape index (κ2) is 6.86. The van der Waals surface area contributed by atoms with Gasteiger partial charge in [0.05, 0.1) is 19.9 Å². The number of imidazole rings is 1. The smallest absolute Gasteiger partial charge is 0.296 e. The Bertz CT molecular complexity index is 643. The molecular weight excluding hydrogens is 276 g/mol. The van der Waals surface area contributed by atoms with E-state index in [4.69, 9.17) is 9.47 Å². The lowest BCUT2D eigenvalue weighted by Crippen LogP contribution is -2.07. The zero-order chi connectivity index (χ0) is 16.3. The van der Waals surface area contributed by atoms with Crippen LogP contribution in [0.4, 0.5) is 0 Å². The Morgan fingerprint density at radius 3 is 2.27 bits per heavy atom. The first-order valence-corrected chi connectivity index (χ1v) is 7.84. The number of methoxy groups -OCH3 is 2. The topological polar surface area (TPSA) is 36.3 Å². The third kappa shape index (κ3) is 2.96. The molecule has 0 atom stereocenters. The number of nitrogens with zero attached hydrogens (tertiary/aromatic N) is 2. The molecule has 1 aromatic carbocycles. The molecule has 1 heterocycles. The van der Waals surface area contributed by atoms with Crippen molar-refractivity contribution in [1.29, 1.82) is 0 Å². The lowest BCUT2D eigenvalue weighted by molar-refractivity contribution is 0.328. The van der Waals surface area contributed by atoms with Crippen molar-refractivity contribution in [3.05, 3.63) is 29.5 Å². The van der Waals surface area contributed by atoms with Crippen LogP contribution in [0.5, 0.6) is 11.8 Å². The molecule has 2 aromatic rings. The largest absolute Gasteiger partial charge is 0.496 e. The zero-order valence-corrected chi connectivity index (χ0v) is 14.4. The fraction of sp³-hybridized carbons (Fsp3) is 0.500. The molecule has 22 heavy (non-hydrogen) atoms. The van der Waals surface area contributed by atoms with E-state index in [9.17, 15) is 0 Å². The average Bonchev–Trinajstić information content (AvgIpc) is 2.94. The van der Waals surface area contributed by atoms with Crippen molar-refractivity contribution in [3.8, 4) is 23.0 Å². The summed E-state index contributed by atoms with van der Waals surface area (Å²) in [7, 11) is 3.38. The minimum Gasteiger partial charge on any atom is -0.496 e. The molecule has 0 bridgehead atoms. The van der Waals surface area contributed by atoms with E-state index in [0.717, 1.165) is 41.0 Å². The van der Waals surface area contributed by atoms with Crippen LogP contribution >= 0.6 is 0 Å². The van der Waals surface area contributed by atoms with Gasteiger partial charge in [-0.05, 0) is 49.9 Å². The molecule has 0 aliphatic rings. The summed E-state index contributed by atoms with van der Waals surface area (Å²) in [4.78, 5) is 4.67. The van der Waals surface area contributed by atoms with Crippen molar-refractivity contribution in [2.45, 2.75) is 46.6 Å². The maximum atomic E-state index is 5.47. The highest BCUT2D eigenvalue weighted by molar-refractivity contribution is 5.66. The Morgan fingerprint density at radius 2 is 1.73 bits per heavy atom. The van der Waals surface area contributed by atoms with Gasteiger partial charge in [0.15, 0.2) is 0 Å². The van der Waals surface area contributed by atoms with E-state index in [2.05, 4.69) is 55.6 Å². The van der Waals surface area contributed by atoms with Gasteiger partial charge in [0.1, 0.15) is 5.75 Å². The van der Waals surface area contributed by atoms with E-state index in [0.29, 0.717) is 12.1 Å². The fourth-order valence-electron chi connectivity index (χ4n) is 2.89. The SMILES string of the molecule is CCC(CC)n1cc(-c2cc(C)c(OC)cc2C)nc1OC. The number of ether oxygens (including phenoxy) is 2. The second-order valence-electron chi connectivity index (χ2n) is 5.63. The molecule has 2 rings (SSSR count). The quantitative estimate of drug-likeness (QED) is 0.785. The van der Waals surface area contributed by atoms with Gasteiger partial charge in [-0.25, -0.2) is 0 Å². The first kappa shape index (κ1) is 16.4. The summed E-state index contributed by atoms with van der Waals surface area (Å²) in [5.74, 6) is 0.910. The lowest BCUT2D eigenvalue weighted by atomic mass is 10.0. The Balaban J connectivity index is 2.52. The molecule has 0 unspecified atom stereocenters. The summed E-state index contributed by atoms with van der Waals surface area (Å²) in [5, 5.41) is 0. The molecule has 0 spiro atoms. The number of aromatic nitrogens is 2. The fourth-order valence-corrected chi connectivity index (χ4v) is 2.89. The molecule has 0 amide bonds. The highest BCUT2D eigenvalue weighted by Gasteiger charge is 2.17. The molecule has 0 fully saturated rings. The Morgan fingerprint density at radius 1 is 1.05 bits per heavy atom. The Kier molecular flexibility index (Phi) is 5.11. The summed E-state index contributed by atoms with van der Waals surface area (Å²) in [6, 6.07) is 5.29. The molecule has 120 valence electrons. The van der Waals surface area contributed by atoms with Gasteiger partial charge >= 0.3 is 0 Å². The summed E-state index contributed by atoms with van der Waals surface area (Å²) >= 11 is 0. The van der Waals surface area contributed by atoms with Crippen LogP contribution in [-0.2, 0) is 0 Å². The van der Waals surface area contributed by atoms with Crippen LogP contribution in [0.25, 0.3) is 11.3 Å². The summed E-state index contributed by atoms with van der Waals surface area (Å²) in [6.45, 7) is 8.52. The molecule has 0 aliphatic heterocycles. The highest BCUT2D eigenvalue weighted by Crippen LogP contribution is 2.32. The van der Waals surface area contributed by atoms with Crippen LogP contribution < -0.4 is 9.47 Å². The van der Waals surface area contributed by atoms with Gasteiger partial charge in [-0.3, -0.25) is 4.57 Å². The predicted octanol–water partition coefficient (Wildman–Crippen LogP) is 4.55. The minimum atomic E-state index is 0.413. The van der Waals surface area contributed by atoms with Crippen molar-refractivity contribution in [2.75, 3.05) is 14.2 Å². The maximum absolute atomic E-state index is 5.47. The van der Waals surface area contributed by atoms with Gasteiger partial charge < -0.3 is 9.47 Å². The van der Waals surface area contributed by atoms with Gasteiger partial charge in [0, 0.05) is 17.8 Å². The molecule has 0 saturated heterocycles. The van der Waals surface area contributed by atoms with Crippen LogP contribution in [0.2, 0.25) is 0 Å². The summed E-state index contributed by atoms with van der Waals surface area (Å²) < 4.78 is 13.0. The van der Waals surface area contributed by atoms with Gasteiger partial charge in [0.25, 0.3) is 6.01 Å². The van der Waals surface area contributed by atoms with E-state index in [1.807, 2.05) is 0 Å². The Labute approximate surface area is 133 Å². The van der Waals surface area contributed by atoms with Gasteiger partial charge in [-0.2, -0.15) is 4.98 Å². The van der Waals surface area contributed by atoms with Crippen LogP contribution in [0.1, 0.15) is 43.9 Å². The predicted molar refractivity (Wildman–Crippen MR) is 89.9 cm³/mol. The van der Waals surface area contributed by atoms with Crippen molar-refractivity contribution in [3.63, 3.8) is 0 Å². The van der Waals surface area contributed by atoms with Gasteiger partial charge in [0.2, 0.25) is 0 Å². The van der Waals surface area contributed by atoms with Crippen LogP contribution in [0, 0.1) is 13.8 Å². The first-order chi connectivity index (χ1) is 10.5. The number of aryl methyl sites for hydroxylation is 2. The number of rotatable bonds is 6. The first-order valence-electron chi connectivity index (χ1n) is 7.84. The molecule has 0 aliphatic carbocycles. The van der Waals surface area contributed by atoms with E-state index >= 15 is 0 Å². The average molecular weight is 302 g/mol. The van der Waals surface area contributed by atoms with E-state index in [1.54, 1.807) is 14.2 Å². The van der Waals surface area contributed by atoms with Gasteiger partial charge in [-0.1, -0.05) is 13.8 Å². The Hall–Kier alpha value is -1.97. The van der Waals surface area contributed by atoms with E-state index in [-0.39, 0.29) is 0 Å². The van der Waals surface area contributed by atoms with Crippen molar-refractivity contribution < 1.29 is 9.47 Å². The van der Waals surface area contributed by atoms with Gasteiger partial charge in [-0.15, -0.1) is 0 Å². The normalized spacial score (nSPS) is 11.0. The molecule has 0 saturated carbocycles. The number of hydrogen-bond donors (Lipinski definition) is 0. The van der Waals surface area contributed by atoms with E-state index < -0.39 is 0 Å². The molecule has 1 aromatic heterocycles. The highest BCUT2D eigenvalue weighted by atomic mass is 16.5. The van der Waals surface area contributed by atoms with Crippen molar-refractivity contribution >= 4 is 0 Å². The molecular formula is C18H26N2O2. The minimum absolute atomic E-state index is 0.413. The molecule has 4 nitrogen and oxygen atoms in total. The molecule has 4 heteroatoms. The maximum Gasteiger partial charge on any atom is 0.296 e. The van der Waals surface area contributed by atoms with Crippen molar-refractivity contribution in [1.82, 2.24) is 9.55 Å². The summed E-state index contributed by atoms with van der Waals surface area (Å²) in [5.41, 5.74) is 4.34. The van der Waals surface area contributed by atoms with Crippen LogP contribution in [0.3, 0.4) is 0 Å². The number of hydrogen-bond acceptors (Lipinski definition) is 3. The third-order valence-electron chi connectivity index (χ3n) is 4.23. The second-order valence-corrected chi connectivity index (χ2v) is 5.63. The monoisotopic (exact) mass is 302 g/mol. The van der Waals surface area contributed by atoms with Crippen molar-refractivity contribution in [2.24, 2.45) is 0 Å².